The Bertz CT molecular complexity index is 1190. The van der Waals surface area contributed by atoms with Crippen molar-refractivity contribution in [3.05, 3.63) is 81.1 Å². The highest BCUT2D eigenvalue weighted by atomic mass is 32.1. The van der Waals surface area contributed by atoms with Crippen molar-refractivity contribution in [1.29, 1.82) is 0 Å². The fraction of sp³-hybridized carbons (Fsp3) is 0.0500. The van der Waals surface area contributed by atoms with Gasteiger partial charge in [-0.2, -0.15) is 9.50 Å². The van der Waals surface area contributed by atoms with E-state index in [4.69, 9.17) is 4.74 Å². The van der Waals surface area contributed by atoms with Crippen LogP contribution in [-0.2, 0) is 0 Å². The molecule has 0 spiro atoms. The van der Waals surface area contributed by atoms with Crippen LogP contribution >= 0.6 is 11.3 Å². The topological polar surface area (TPSA) is 56.5 Å². The Labute approximate surface area is 153 Å². The Balaban J connectivity index is 1.71. The minimum absolute atomic E-state index is 0.170. The molecule has 0 aliphatic heterocycles. The number of rotatable bonds is 4. The summed E-state index contributed by atoms with van der Waals surface area (Å²) >= 11 is 1.32. The lowest BCUT2D eigenvalue weighted by Gasteiger charge is -2.03. The predicted molar refractivity (Wildman–Crippen MR) is 104 cm³/mol. The van der Waals surface area contributed by atoms with Crippen LogP contribution in [0.25, 0.3) is 28.5 Å². The van der Waals surface area contributed by atoms with Crippen LogP contribution in [0.5, 0.6) is 5.75 Å². The molecule has 0 amide bonds. The minimum Gasteiger partial charge on any atom is -0.496 e. The summed E-state index contributed by atoms with van der Waals surface area (Å²) in [6.45, 7) is 0. The van der Waals surface area contributed by atoms with Crippen LogP contribution in [0.2, 0.25) is 0 Å². The first-order valence-electron chi connectivity index (χ1n) is 8.02. The second-order valence-electron chi connectivity index (χ2n) is 5.54. The van der Waals surface area contributed by atoms with Crippen LogP contribution in [0.3, 0.4) is 0 Å². The first kappa shape index (κ1) is 16.2. The molecule has 2 aromatic carbocycles. The highest BCUT2D eigenvalue weighted by molar-refractivity contribution is 7.15. The van der Waals surface area contributed by atoms with Gasteiger partial charge in [-0.15, -0.1) is 5.10 Å². The Morgan fingerprint density at radius 3 is 2.62 bits per heavy atom. The second-order valence-corrected chi connectivity index (χ2v) is 6.55. The quantitative estimate of drug-likeness (QED) is 0.561. The molecule has 0 saturated carbocycles. The molecule has 0 fully saturated rings. The maximum absolute atomic E-state index is 12.5. The molecule has 2 heterocycles. The molecule has 128 valence electrons. The van der Waals surface area contributed by atoms with Gasteiger partial charge in [-0.1, -0.05) is 66.0 Å². The molecule has 0 atom stereocenters. The van der Waals surface area contributed by atoms with E-state index in [2.05, 4.69) is 10.1 Å². The number of benzene rings is 2. The maximum Gasteiger partial charge on any atom is 0.291 e. The summed E-state index contributed by atoms with van der Waals surface area (Å²) in [7, 11) is 1.60. The lowest BCUT2D eigenvalue weighted by molar-refractivity contribution is 0.416. The van der Waals surface area contributed by atoms with Crippen molar-refractivity contribution < 1.29 is 4.74 Å². The molecule has 26 heavy (non-hydrogen) atoms. The zero-order valence-corrected chi connectivity index (χ0v) is 14.8. The lowest BCUT2D eigenvalue weighted by atomic mass is 10.2. The third kappa shape index (κ3) is 3.02. The average Bonchev–Trinajstić information content (AvgIpc) is 3.22. The molecule has 0 bridgehead atoms. The number of hydrogen-bond donors (Lipinski definition) is 0. The van der Waals surface area contributed by atoms with Crippen molar-refractivity contribution in [3.8, 4) is 17.1 Å². The molecular formula is C20H15N3O2S. The summed E-state index contributed by atoms with van der Waals surface area (Å²) in [5.74, 6) is 1.16. The molecule has 2 aromatic heterocycles. The van der Waals surface area contributed by atoms with Gasteiger partial charge in [0.1, 0.15) is 5.75 Å². The molecule has 5 nitrogen and oxygen atoms in total. The number of para-hydroxylation sites is 1. The van der Waals surface area contributed by atoms with Crippen LogP contribution in [0.15, 0.2) is 65.5 Å². The number of hydrogen-bond acceptors (Lipinski definition) is 5. The number of nitrogens with zero attached hydrogens (tertiary/aromatic N) is 3. The van der Waals surface area contributed by atoms with Crippen molar-refractivity contribution in [2.45, 2.75) is 0 Å². The van der Waals surface area contributed by atoms with Gasteiger partial charge >= 0.3 is 0 Å². The van der Waals surface area contributed by atoms with Gasteiger partial charge in [-0.05, 0) is 23.8 Å². The monoisotopic (exact) mass is 361 g/mol. The third-order valence-corrected chi connectivity index (χ3v) is 4.84. The van der Waals surface area contributed by atoms with Gasteiger partial charge in [0, 0.05) is 0 Å². The van der Waals surface area contributed by atoms with Crippen molar-refractivity contribution >= 4 is 28.4 Å². The zero-order valence-electron chi connectivity index (χ0n) is 14.0. The maximum atomic E-state index is 12.5. The molecule has 0 N–H and O–H groups in total. The standard InChI is InChI=1S/C20H15N3O2S/c1-25-16-12-6-5-11-15(16)18-21-20-23(22-18)19(24)17(26-20)13-7-10-14-8-3-2-4-9-14/h2-13H,1H3/b10-7+,17-13-. The summed E-state index contributed by atoms with van der Waals surface area (Å²) in [4.78, 5) is 17.6. The van der Waals surface area contributed by atoms with Crippen molar-refractivity contribution in [2.24, 2.45) is 0 Å². The molecule has 0 aliphatic carbocycles. The van der Waals surface area contributed by atoms with E-state index < -0.39 is 0 Å². The molecule has 0 radical (unpaired) electrons. The third-order valence-electron chi connectivity index (χ3n) is 3.87. The fourth-order valence-corrected chi connectivity index (χ4v) is 3.46. The van der Waals surface area contributed by atoms with Gasteiger partial charge in [0.2, 0.25) is 4.96 Å². The molecular weight excluding hydrogens is 346 g/mol. The Morgan fingerprint density at radius 2 is 1.85 bits per heavy atom. The van der Waals surface area contributed by atoms with Crippen LogP contribution in [-0.4, -0.2) is 21.7 Å². The summed E-state index contributed by atoms with van der Waals surface area (Å²) in [6.07, 6.45) is 5.61. The van der Waals surface area contributed by atoms with Gasteiger partial charge in [-0.25, -0.2) is 0 Å². The van der Waals surface area contributed by atoms with Gasteiger partial charge < -0.3 is 4.74 Å². The van der Waals surface area contributed by atoms with Crippen LogP contribution in [0.1, 0.15) is 5.56 Å². The minimum atomic E-state index is -0.170. The molecule has 0 aliphatic rings. The molecule has 0 unspecified atom stereocenters. The lowest BCUT2D eigenvalue weighted by Crippen LogP contribution is -2.23. The van der Waals surface area contributed by atoms with E-state index in [0.717, 1.165) is 11.1 Å². The highest BCUT2D eigenvalue weighted by Gasteiger charge is 2.14. The van der Waals surface area contributed by atoms with Crippen molar-refractivity contribution in [1.82, 2.24) is 14.6 Å². The Hall–Kier alpha value is -3.25. The number of allylic oxidation sites excluding steroid dienone is 1. The summed E-state index contributed by atoms with van der Waals surface area (Å²) in [5.41, 5.74) is 1.67. The van der Waals surface area contributed by atoms with Gasteiger partial charge in [-0.3, -0.25) is 4.79 Å². The first-order chi connectivity index (χ1) is 12.8. The fourth-order valence-electron chi connectivity index (χ4n) is 2.60. The van der Waals surface area contributed by atoms with Gasteiger partial charge in [0.15, 0.2) is 5.82 Å². The van der Waals surface area contributed by atoms with E-state index in [1.807, 2.05) is 66.7 Å². The van der Waals surface area contributed by atoms with E-state index in [-0.39, 0.29) is 5.56 Å². The largest absolute Gasteiger partial charge is 0.496 e. The molecule has 4 aromatic rings. The summed E-state index contributed by atoms with van der Waals surface area (Å²) < 4.78 is 7.28. The zero-order chi connectivity index (χ0) is 17.9. The van der Waals surface area contributed by atoms with E-state index in [1.54, 1.807) is 13.2 Å². The van der Waals surface area contributed by atoms with Crippen LogP contribution in [0.4, 0.5) is 0 Å². The summed E-state index contributed by atoms with van der Waals surface area (Å²) in [5, 5.41) is 4.36. The number of methoxy groups -OCH3 is 1. The van der Waals surface area contributed by atoms with E-state index in [1.165, 1.54) is 15.9 Å². The first-order valence-corrected chi connectivity index (χ1v) is 8.84. The number of ether oxygens (including phenoxy) is 1. The molecule has 0 saturated heterocycles. The van der Waals surface area contributed by atoms with E-state index in [0.29, 0.717) is 21.1 Å². The van der Waals surface area contributed by atoms with Gasteiger partial charge in [0.05, 0.1) is 17.2 Å². The summed E-state index contributed by atoms with van der Waals surface area (Å²) in [6, 6.07) is 17.4. The Kier molecular flexibility index (Phi) is 4.33. The SMILES string of the molecule is COc1ccccc1-c1nc2s/c(=C\C=C\c3ccccc3)c(=O)n2n1. The highest BCUT2D eigenvalue weighted by Crippen LogP contribution is 2.27. The van der Waals surface area contributed by atoms with E-state index >= 15 is 0 Å². The van der Waals surface area contributed by atoms with Crippen molar-refractivity contribution in [2.75, 3.05) is 7.11 Å². The number of fused-ring (bicyclic) bond motifs is 1. The van der Waals surface area contributed by atoms with Crippen molar-refractivity contribution in [3.63, 3.8) is 0 Å². The molecule has 4 rings (SSSR count). The van der Waals surface area contributed by atoms with Crippen LogP contribution in [0, 0.1) is 0 Å². The normalized spacial score (nSPS) is 12.3. The van der Waals surface area contributed by atoms with Gasteiger partial charge in [0.25, 0.3) is 5.56 Å². The van der Waals surface area contributed by atoms with E-state index in [9.17, 15) is 4.79 Å². The molecule has 6 heteroatoms. The van der Waals surface area contributed by atoms with Crippen LogP contribution < -0.4 is 14.8 Å². The second kappa shape index (κ2) is 6.93. The number of thiazole rings is 1. The number of aromatic nitrogens is 3. The predicted octanol–water partition coefficient (Wildman–Crippen LogP) is 3.04. The average molecular weight is 361 g/mol. The Morgan fingerprint density at radius 1 is 1.08 bits per heavy atom. The smallest absolute Gasteiger partial charge is 0.291 e.